The first-order valence-electron chi connectivity index (χ1n) is 10.7. The van der Waals surface area contributed by atoms with Crippen LogP contribution in [0.2, 0.25) is 5.02 Å². The van der Waals surface area contributed by atoms with Crippen LogP contribution in [-0.2, 0) is 4.79 Å². The third kappa shape index (κ3) is 2.88. The number of halogens is 1. The predicted octanol–water partition coefficient (Wildman–Crippen LogP) is 5.10. The van der Waals surface area contributed by atoms with Gasteiger partial charge in [0.2, 0.25) is 5.91 Å². The van der Waals surface area contributed by atoms with Gasteiger partial charge in [-0.15, -0.1) is 0 Å². The fourth-order valence-electron chi connectivity index (χ4n) is 5.56. The van der Waals surface area contributed by atoms with Crippen molar-refractivity contribution in [3.63, 3.8) is 0 Å². The van der Waals surface area contributed by atoms with Crippen molar-refractivity contribution in [1.29, 1.82) is 0 Å². The Morgan fingerprint density at radius 1 is 1.36 bits per heavy atom. The van der Waals surface area contributed by atoms with E-state index in [0.29, 0.717) is 12.3 Å². The Bertz CT molecular complexity index is 926. The van der Waals surface area contributed by atoms with Gasteiger partial charge in [-0.2, -0.15) is 0 Å². The first-order valence-corrected chi connectivity index (χ1v) is 11.1. The standard InChI is InChI=1S/C23H29ClN2O2/c1-3-15-9-23(28)10-16(11-23)26(15)20(27)8-13(2)18-12-25-19-7-6-17(14-4-5-14)22(24)21(18)19/h6-7,12-16,25,28H,3-5,8-11H2,1-2H3. The van der Waals surface area contributed by atoms with Crippen LogP contribution in [0.4, 0.5) is 0 Å². The molecule has 0 spiro atoms. The summed E-state index contributed by atoms with van der Waals surface area (Å²) < 4.78 is 0. The first-order chi connectivity index (χ1) is 13.4. The van der Waals surface area contributed by atoms with Crippen LogP contribution >= 0.6 is 11.6 Å². The average molecular weight is 401 g/mol. The summed E-state index contributed by atoms with van der Waals surface area (Å²) in [6.45, 7) is 4.24. The van der Waals surface area contributed by atoms with Gasteiger partial charge in [-0.1, -0.05) is 31.5 Å². The van der Waals surface area contributed by atoms with E-state index in [-0.39, 0.29) is 23.9 Å². The van der Waals surface area contributed by atoms with Gasteiger partial charge in [-0.25, -0.2) is 0 Å². The number of hydrogen-bond acceptors (Lipinski definition) is 2. The highest BCUT2D eigenvalue weighted by molar-refractivity contribution is 6.36. The summed E-state index contributed by atoms with van der Waals surface area (Å²) in [5, 5.41) is 12.4. The van der Waals surface area contributed by atoms with Gasteiger partial charge in [0.05, 0.1) is 10.6 Å². The number of amides is 1. The van der Waals surface area contributed by atoms with Crippen LogP contribution in [0.25, 0.3) is 10.9 Å². The molecule has 28 heavy (non-hydrogen) atoms. The van der Waals surface area contributed by atoms with Crippen molar-refractivity contribution >= 4 is 28.4 Å². The molecule has 2 aromatic rings. The van der Waals surface area contributed by atoms with Gasteiger partial charge in [-0.05, 0) is 67.6 Å². The van der Waals surface area contributed by atoms with E-state index in [2.05, 4.69) is 35.9 Å². The van der Waals surface area contributed by atoms with E-state index in [9.17, 15) is 9.90 Å². The van der Waals surface area contributed by atoms with Crippen molar-refractivity contribution in [2.75, 3.05) is 0 Å². The highest BCUT2D eigenvalue weighted by Crippen LogP contribution is 2.48. The highest BCUT2D eigenvalue weighted by atomic mass is 35.5. The quantitative estimate of drug-likeness (QED) is 0.733. The van der Waals surface area contributed by atoms with E-state index >= 15 is 0 Å². The molecule has 2 atom stereocenters. The van der Waals surface area contributed by atoms with Gasteiger partial charge in [0.25, 0.3) is 0 Å². The zero-order valence-electron chi connectivity index (χ0n) is 16.7. The molecular formula is C23H29ClN2O2. The van der Waals surface area contributed by atoms with E-state index in [1.165, 1.54) is 18.4 Å². The second-order valence-corrected chi connectivity index (χ2v) is 9.75. The number of aliphatic hydroxyl groups is 1. The Morgan fingerprint density at radius 2 is 2.11 bits per heavy atom. The minimum absolute atomic E-state index is 0.103. The van der Waals surface area contributed by atoms with Crippen molar-refractivity contribution < 1.29 is 9.90 Å². The van der Waals surface area contributed by atoms with Gasteiger partial charge in [0.1, 0.15) is 0 Å². The van der Waals surface area contributed by atoms with E-state index < -0.39 is 5.60 Å². The minimum atomic E-state index is -0.517. The summed E-state index contributed by atoms with van der Waals surface area (Å²) in [5.74, 6) is 0.925. The van der Waals surface area contributed by atoms with Gasteiger partial charge < -0.3 is 15.0 Å². The lowest BCUT2D eigenvalue weighted by molar-refractivity contribution is -0.178. The number of aromatic nitrogens is 1. The fraction of sp³-hybridized carbons (Fsp3) is 0.609. The molecule has 2 aliphatic heterocycles. The molecule has 2 unspecified atom stereocenters. The van der Waals surface area contributed by atoms with Crippen LogP contribution in [0.1, 0.15) is 81.8 Å². The van der Waals surface area contributed by atoms with Crippen molar-refractivity contribution in [3.05, 3.63) is 34.5 Å². The number of benzene rings is 1. The minimum Gasteiger partial charge on any atom is -0.390 e. The molecule has 2 N–H and O–H groups in total. The molecule has 1 aromatic heterocycles. The van der Waals surface area contributed by atoms with E-state index in [1.54, 1.807) is 0 Å². The molecule has 2 aliphatic carbocycles. The fourth-order valence-corrected chi connectivity index (χ4v) is 5.99. The zero-order valence-corrected chi connectivity index (χ0v) is 17.4. The monoisotopic (exact) mass is 400 g/mol. The van der Waals surface area contributed by atoms with Gasteiger partial charge >= 0.3 is 0 Å². The van der Waals surface area contributed by atoms with Crippen molar-refractivity contribution in [2.24, 2.45) is 0 Å². The highest BCUT2D eigenvalue weighted by Gasteiger charge is 2.54. The van der Waals surface area contributed by atoms with Gasteiger partial charge in [0.15, 0.2) is 0 Å². The molecule has 4 aliphatic rings. The van der Waals surface area contributed by atoms with Crippen LogP contribution in [0.3, 0.4) is 0 Å². The average Bonchev–Trinajstić information content (AvgIpc) is 3.38. The second kappa shape index (κ2) is 6.50. The summed E-state index contributed by atoms with van der Waals surface area (Å²) in [4.78, 5) is 18.7. The Morgan fingerprint density at radius 3 is 2.79 bits per heavy atom. The maximum Gasteiger partial charge on any atom is 0.223 e. The number of rotatable bonds is 5. The molecule has 2 saturated carbocycles. The summed E-state index contributed by atoms with van der Waals surface area (Å²) in [7, 11) is 0. The molecule has 6 rings (SSSR count). The molecule has 5 heteroatoms. The Kier molecular flexibility index (Phi) is 4.29. The number of nitrogens with one attached hydrogen (secondary N) is 1. The number of hydrogen-bond donors (Lipinski definition) is 2. The molecule has 4 nitrogen and oxygen atoms in total. The van der Waals surface area contributed by atoms with Gasteiger partial charge in [0, 0.05) is 35.6 Å². The SMILES string of the molecule is CCC1CC2(O)CC(C2)N1C(=O)CC(C)c1c[nH]c2ccc(C3CC3)c(Cl)c12. The maximum absolute atomic E-state index is 13.2. The third-order valence-corrected chi connectivity index (χ3v) is 7.67. The smallest absolute Gasteiger partial charge is 0.223 e. The lowest BCUT2D eigenvalue weighted by atomic mass is 9.66. The zero-order chi connectivity index (χ0) is 19.6. The lowest BCUT2D eigenvalue weighted by Crippen LogP contribution is -2.67. The second-order valence-electron chi connectivity index (χ2n) is 9.37. The van der Waals surface area contributed by atoms with Crippen LogP contribution in [-0.4, -0.2) is 38.6 Å². The van der Waals surface area contributed by atoms with E-state index in [4.69, 9.17) is 11.6 Å². The van der Waals surface area contributed by atoms with Crippen molar-refractivity contribution in [1.82, 2.24) is 9.88 Å². The molecule has 2 bridgehead atoms. The lowest BCUT2D eigenvalue weighted by Gasteiger charge is -2.58. The molecule has 150 valence electrons. The third-order valence-electron chi connectivity index (χ3n) is 7.27. The summed E-state index contributed by atoms with van der Waals surface area (Å²) in [5.41, 5.74) is 2.93. The largest absolute Gasteiger partial charge is 0.390 e. The molecule has 4 fully saturated rings. The van der Waals surface area contributed by atoms with Crippen LogP contribution in [0.5, 0.6) is 0 Å². The van der Waals surface area contributed by atoms with Crippen LogP contribution < -0.4 is 0 Å². The summed E-state index contributed by atoms with van der Waals surface area (Å²) in [6, 6.07) is 4.66. The van der Waals surface area contributed by atoms with Gasteiger partial charge in [-0.3, -0.25) is 4.79 Å². The Labute approximate surface area is 171 Å². The Hall–Kier alpha value is -1.52. The molecule has 3 heterocycles. The first kappa shape index (κ1) is 18.5. The van der Waals surface area contributed by atoms with Crippen molar-refractivity contribution in [3.8, 4) is 0 Å². The number of fused-ring (bicyclic) bond motifs is 3. The van der Waals surface area contributed by atoms with E-state index in [1.807, 2.05) is 6.20 Å². The number of carbonyl (C=O) groups is 1. The van der Waals surface area contributed by atoms with Crippen molar-refractivity contribution in [2.45, 2.75) is 88.3 Å². The molecular weight excluding hydrogens is 372 g/mol. The molecule has 1 amide bonds. The van der Waals surface area contributed by atoms with Crippen LogP contribution in [0, 0.1) is 0 Å². The predicted molar refractivity (Wildman–Crippen MR) is 112 cm³/mol. The number of aromatic amines is 1. The molecule has 1 aromatic carbocycles. The number of nitrogens with zero attached hydrogens (tertiary/aromatic N) is 1. The Balaban J connectivity index is 1.39. The number of carbonyl (C=O) groups excluding carboxylic acids is 1. The topological polar surface area (TPSA) is 56.3 Å². The normalized spacial score (nSPS) is 30.4. The van der Waals surface area contributed by atoms with Crippen LogP contribution in [0.15, 0.2) is 18.3 Å². The summed E-state index contributed by atoms with van der Waals surface area (Å²) >= 11 is 6.80. The summed E-state index contributed by atoms with van der Waals surface area (Å²) in [6.07, 6.45) is 8.08. The van der Waals surface area contributed by atoms with E-state index in [0.717, 1.165) is 47.2 Å². The number of piperidine rings is 2. The molecule has 2 saturated heterocycles. The molecule has 0 radical (unpaired) electrons. The number of H-pyrrole nitrogens is 1. The maximum atomic E-state index is 13.2.